The van der Waals surface area contributed by atoms with E-state index in [-0.39, 0.29) is 12.8 Å². The van der Waals surface area contributed by atoms with E-state index >= 15 is 0 Å². The SMILES string of the molecule is C=C(C(=O)O)[N+]1(O)C(=O)CCC1=O. The summed E-state index contributed by atoms with van der Waals surface area (Å²) in [5.74, 6) is -3.26. The standard InChI is InChI=1S/C7H7NO5/c1-4(7(11)12)8(13)5(9)2-3-6(8)10/h13H,1-3H2/p+1. The monoisotopic (exact) mass is 186 g/mol. The molecule has 0 aromatic rings. The zero-order valence-electron chi connectivity index (χ0n) is 6.69. The van der Waals surface area contributed by atoms with Gasteiger partial charge in [0.2, 0.25) is 0 Å². The third-order valence-electron chi connectivity index (χ3n) is 1.91. The summed E-state index contributed by atoms with van der Waals surface area (Å²) in [6.07, 6.45) is -0.302. The van der Waals surface area contributed by atoms with Gasteiger partial charge in [-0.15, -0.1) is 0 Å². The lowest BCUT2D eigenvalue weighted by Gasteiger charge is -2.17. The fourth-order valence-electron chi connectivity index (χ4n) is 1.12. The van der Waals surface area contributed by atoms with Crippen molar-refractivity contribution in [1.29, 1.82) is 0 Å². The molecule has 1 fully saturated rings. The van der Waals surface area contributed by atoms with Gasteiger partial charge in [-0.2, -0.15) is 5.21 Å². The number of aliphatic carboxylic acids is 1. The topological polar surface area (TPSA) is 91.7 Å². The Morgan fingerprint density at radius 3 is 2.00 bits per heavy atom. The van der Waals surface area contributed by atoms with E-state index in [1.54, 1.807) is 0 Å². The van der Waals surface area contributed by atoms with Crippen molar-refractivity contribution in [3.8, 4) is 0 Å². The Kier molecular flexibility index (Phi) is 2.02. The first-order valence-corrected chi connectivity index (χ1v) is 3.52. The Balaban J connectivity index is 3.12. The molecule has 1 aliphatic rings. The smallest absolute Gasteiger partial charge is 0.394 e. The molecule has 0 bridgehead atoms. The molecule has 13 heavy (non-hydrogen) atoms. The highest BCUT2D eigenvalue weighted by atomic mass is 16.6. The van der Waals surface area contributed by atoms with Crippen LogP contribution < -0.4 is 0 Å². The van der Waals surface area contributed by atoms with Gasteiger partial charge in [0.1, 0.15) is 0 Å². The number of carbonyl (C=O) groups is 3. The van der Waals surface area contributed by atoms with Crippen molar-refractivity contribution in [1.82, 2.24) is 0 Å². The maximum Gasteiger partial charge on any atom is 0.394 e. The van der Waals surface area contributed by atoms with E-state index in [1.807, 2.05) is 0 Å². The van der Waals surface area contributed by atoms with Crippen LogP contribution in [0.5, 0.6) is 0 Å². The third-order valence-corrected chi connectivity index (χ3v) is 1.91. The van der Waals surface area contributed by atoms with Crippen LogP contribution in [0.2, 0.25) is 0 Å². The van der Waals surface area contributed by atoms with Gasteiger partial charge in [0, 0.05) is 0 Å². The molecule has 1 heterocycles. The van der Waals surface area contributed by atoms with Gasteiger partial charge >= 0.3 is 17.8 Å². The number of hydrogen-bond donors (Lipinski definition) is 2. The summed E-state index contributed by atoms with van der Waals surface area (Å²) in [5.41, 5.74) is -0.826. The number of carbonyl (C=O) groups excluding carboxylic acids is 2. The van der Waals surface area contributed by atoms with Gasteiger partial charge in [0.25, 0.3) is 5.70 Å². The third kappa shape index (κ3) is 1.16. The Labute approximate surface area is 73.2 Å². The van der Waals surface area contributed by atoms with E-state index in [0.29, 0.717) is 0 Å². The van der Waals surface area contributed by atoms with Gasteiger partial charge in [0.05, 0.1) is 12.8 Å². The van der Waals surface area contributed by atoms with E-state index in [9.17, 15) is 19.6 Å². The van der Waals surface area contributed by atoms with Crippen molar-refractivity contribution >= 4 is 17.8 Å². The van der Waals surface area contributed by atoms with Crippen LogP contribution in [0, 0.1) is 0 Å². The lowest BCUT2D eigenvalue weighted by atomic mass is 10.4. The quantitative estimate of drug-likeness (QED) is 0.266. The van der Waals surface area contributed by atoms with E-state index in [1.165, 1.54) is 0 Å². The number of nitrogens with zero attached hydrogens (tertiary/aromatic N) is 1. The minimum Gasteiger partial charge on any atom is -0.474 e. The van der Waals surface area contributed by atoms with Gasteiger partial charge in [-0.1, -0.05) is 0 Å². The highest BCUT2D eigenvalue weighted by molar-refractivity contribution is 5.97. The average molecular weight is 186 g/mol. The van der Waals surface area contributed by atoms with Crippen LogP contribution in [0.3, 0.4) is 0 Å². The van der Waals surface area contributed by atoms with Crippen molar-refractivity contribution in [2.45, 2.75) is 12.8 Å². The molecule has 0 aromatic heterocycles. The van der Waals surface area contributed by atoms with Crippen LogP contribution in [0.4, 0.5) is 0 Å². The van der Waals surface area contributed by atoms with Crippen LogP contribution in [0.15, 0.2) is 12.3 Å². The van der Waals surface area contributed by atoms with Gasteiger partial charge < -0.3 is 5.11 Å². The molecule has 2 amide bonds. The van der Waals surface area contributed by atoms with Crippen molar-refractivity contribution in [2.24, 2.45) is 0 Å². The number of carboxylic acids is 1. The highest BCUT2D eigenvalue weighted by Gasteiger charge is 2.55. The summed E-state index contributed by atoms with van der Waals surface area (Å²) in [6, 6.07) is 0. The Bertz CT molecular complexity index is 303. The number of amides is 2. The second-order valence-corrected chi connectivity index (χ2v) is 2.67. The van der Waals surface area contributed by atoms with Gasteiger partial charge in [-0.3, -0.25) is 0 Å². The molecule has 1 aliphatic heterocycles. The van der Waals surface area contributed by atoms with Crippen LogP contribution in [-0.2, 0) is 14.4 Å². The van der Waals surface area contributed by atoms with E-state index in [2.05, 4.69) is 6.58 Å². The fraction of sp³-hybridized carbons (Fsp3) is 0.286. The minimum absolute atomic E-state index is 0.151. The van der Waals surface area contributed by atoms with Crippen LogP contribution in [0.1, 0.15) is 12.8 Å². The maximum absolute atomic E-state index is 11.0. The maximum atomic E-state index is 11.0. The normalized spacial score (nSPS) is 20.4. The summed E-state index contributed by atoms with van der Waals surface area (Å²) in [7, 11) is 0. The molecule has 0 atom stereocenters. The van der Waals surface area contributed by atoms with Crippen molar-refractivity contribution in [3.05, 3.63) is 12.3 Å². The minimum atomic E-state index is -1.78. The number of hydrogen-bond acceptors (Lipinski definition) is 4. The van der Waals surface area contributed by atoms with Crippen molar-refractivity contribution in [3.63, 3.8) is 0 Å². The number of quaternary nitrogens is 1. The fourth-order valence-corrected chi connectivity index (χ4v) is 1.12. The molecule has 6 nitrogen and oxygen atoms in total. The van der Waals surface area contributed by atoms with Crippen LogP contribution in [0.25, 0.3) is 0 Å². The largest absolute Gasteiger partial charge is 0.474 e. The summed E-state index contributed by atoms with van der Waals surface area (Å²) >= 11 is 0. The summed E-state index contributed by atoms with van der Waals surface area (Å²) < 4.78 is -1.78. The first-order chi connectivity index (χ1) is 5.90. The zero-order chi connectivity index (χ0) is 10.2. The highest BCUT2D eigenvalue weighted by Crippen LogP contribution is 2.25. The molecule has 0 spiro atoms. The van der Waals surface area contributed by atoms with E-state index in [0.717, 1.165) is 0 Å². The number of carboxylic acid groups (broad SMARTS) is 1. The molecular weight excluding hydrogens is 178 g/mol. The van der Waals surface area contributed by atoms with Gasteiger partial charge in [0.15, 0.2) is 0 Å². The molecule has 0 unspecified atom stereocenters. The summed E-state index contributed by atoms with van der Waals surface area (Å²) in [4.78, 5) is 32.5. The molecule has 2 N–H and O–H groups in total. The number of rotatable bonds is 2. The molecule has 0 aromatic carbocycles. The first kappa shape index (κ1) is 9.56. The first-order valence-electron chi connectivity index (χ1n) is 3.52. The molecule has 70 valence electrons. The molecule has 0 saturated carbocycles. The number of likely N-dealkylation sites (tertiary alicyclic amines) is 1. The lowest BCUT2D eigenvalue weighted by molar-refractivity contribution is -0.935. The number of hydroxylamine groups is 3. The summed E-state index contributed by atoms with van der Waals surface area (Å²) in [6.45, 7) is 2.99. The zero-order valence-corrected chi connectivity index (χ0v) is 6.69. The molecule has 1 saturated heterocycles. The van der Waals surface area contributed by atoms with Crippen molar-refractivity contribution < 1.29 is 29.3 Å². The van der Waals surface area contributed by atoms with Gasteiger partial charge in [-0.05, 0) is 11.2 Å². The Morgan fingerprint density at radius 1 is 1.31 bits per heavy atom. The molecule has 0 radical (unpaired) electrons. The van der Waals surface area contributed by atoms with Crippen LogP contribution in [-0.4, -0.2) is 32.7 Å². The van der Waals surface area contributed by atoms with Crippen molar-refractivity contribution in [2.75, 3.05) is 0 Å². The second kappa shape index (κ2) is 2.75. The van der Waals surface area contributed by atoms with E-state index in [4.69, 9.17) is 5.11 Å². The molecule has 1 rings (SSSR count). The average Bonchev–Trinajstić information content (AvgIpc) is 2.32. The predicted molar refractivity (Wildman–Crippen MR) is 38.1 cm³/mol. The second-order valence-electron chi connectivity index (χ2n) is 2.67. The number of imide groups is 1. The van der Waals surface area contributed by atoms with E-state index < -0.39 is 28.1 Å². The molecule has 0 aliphatic carbocycles. The van der Waals surface area contributed by atoms with Crippen LogP contribution >= 0.6 is 0 Å². The predicted octanol–water partition coefficient (Wildman–Crippen LogP) is -0.362. The lowest BCUT2D eigenvalue weighted by Crippen LogP contribution is -2.50. The summed E-state index contributed by atoms with van der Waals surface area (Å²) in [5, 5.41) is 17.9. The Morgan fingerprint density at radius 2 is 1.69 bits per heavy atom. The molecular formula is C7H8NO5+. The molecule has 6 heteroatoms. The Hall–Kier alpha value is -1.53. The van der Waals surface area contributed by atoms with Gasteiger partial charge in [-0.25, -0.2) is 14.4 Å².